The second kappa shape index (κ2) is 5.32. The Hall–Kier alpha value is -3.36. The minimum Gasteiger partial charge on any atom is -0.369 e. The second-order valence-corrected chi connectivity index (χ2v) is 6.70. The Kier molecular flexibility index (Phi) is 3.05. The van der Waals surface area contributed by atoms with Gasteiger partial charge >= 0.3 is 0 Å². The summed E-state index contributed by atoms with van der Waals surface area (Å²) in [5.74, 6) is 0.948. The molecule has 5 rings (SSSR count). The molecule has 1 saturated heterocycles. The topological polar surface area (TPSA) is 125 Å². The molecule has 9 nitrogen and oxygen atoms in total. The SMILES string of the molecule is Nc1nc(N2CCC3(CC2)Nc2ccccc2NC3=O)c2[nH]cnc2n1. The fourth-order valence-electron chi connectivity index (χ4n) is 3.77. The molecule has 2 aromatic heterocycles. The van der Waals surface area contributed by atoms with Gasteiger partial charge in [-0.3, -0.25) is 4.79 Å². The predicted octanol–water partition coefficient (Wildman–Crippen LogP) is 1.34. The molecule has 9 heteroatoms. The van der Waals surface area contributed by atoms with E-state index in [9.17, 15) is 4.79 Å². The summed E-state index contributed by atoms with van der Waals surface area (Å²) in [6, 6.07) is 7.77. The van der Waals surface area contributed by atoms with Crippen LogP contribution < -0.4 is 21.3 Å². The number of nitrogens with two attached hydrogens (primary N) is 1. The molecule has 2 aliphatic heterocycles. The Morgan fingerprint density at radius 1 is 1.12 bits per heavy atom. The number of nitrogens with zero attached hydrogens (tertiary/aromatic N) is 4. The van der Waals surface area contributed by atoms with E-state index in [-0.39, 0.29) is 11.9 Å². The maximum absolute atomic E-state index is 12.7. The lowest BCUT2D eigenvalue weighted by molar-refractivity contribution is -0.121. The summed E-state index contributed by atoms with van der Waals surface area (Å²) < 4.78 is 0. The number of para-hydroxylation sites is 2. The fourth-order valence-corrected chi connectivity index (χ4v) is 3.77. The largest absolute Gasteiger partial charge is 0.369 e. The van der Waals surface area contributed by atoms with Gasteiger partial charge in [0.1, 0.15) is 11.1 Å². The van der Waals surface area contributed by atoms with Crippen molar-refractivity contribution in [1.29, 1.82) is 0 Å². The Morgan fingerprint density at radius 2 is 1.88 bits per heavy atom. The summed E-state index contributed by atoms with van der Waals surface area (Å²) in [6.45, 7) is 1.35. The summed E-state index contributed by atoms with van der Waals surface area (Å²) >= 11 is 0. The number of hydrogen-bond acceptors (Lipinski definition) is 7. The van der Waals surface area contributed by atoms with Crippen LogP contribution in [0.3, 0.4) is 0 Å². The predicted molar refractivity (Wildman–Crippen MR) is 99.0 cm³/mol. The maximum atomic E-state index is 12.7. The zero-order chi connectivity index (χ0) is 17.7. The lowest BCUT2D eigenvalue weighted by atomic mass is 9.84. The van der Waals surface area contributed by atoms with E-state index in [4.69, 9.17) is 5.73 Å². The number of benzene rings is 1. The van der Waals surface area contributed by atoms with Crippen molar-refractivity contribution in [2.75, 3.05) is 34.4 Å². The van der Waals surface area contributed by atoms with Crippen LogP contribution in [0, 0.1) is 0 Å². The van der Waals surface area contributed by atoms with E-state index in [0.29, 0.717) is 31.6 Å². The third-order valence-corrected chi connectivity index (χ3v) is 5.18. The molecule has 1 fully saturated rings. The number of piperidine rings is 1. The van der Waals surface area contributed by atoms with Gasteiger partial charge in [-0.05, 0) is 25.0 Å². The van der Waals surface area contributed by atoms with E-state index in [1.807, 2.05) is 24.3 Å². The zero-order valence-corrected chi connectivity index (χ0v) is 14.0. The van der Waals surface area contributed by atoms with E-state index in [1.54, 1.807) is 6.33 Å². The molecule has 132 valence electrons. The number of carbonyl (C=O) groups excluding carboxylic acids is 1. The highest BCUT2D eigenvalue weighted by Crippen LogP contribution is 2.37. The van der Waals surface area contributed by atoms with Crippen LogP contribution in [-0.4, -0.2) is 44.5 Å². The molecular weight excluding hydrogens is 332 g/mol. The van der Waals surface area contributed by atoms with Gasteiger partial charge in [-0.15, -0.1) is 0 Å². The molecule has 0 bridgehead atoms. The normalized spacial score (nSPS) is 18.5. The molecule has 2 aliphatic rings. The van der Waals surface area contributed by atoms with Crippen molar-refractivity contribution in [2.24, 2.45) is 0 Å². The third-order valence-electron chi connectivity index (χ3n) is 5.18. The number of aromatic amines is 1. The molecule has 0 aliphatic carbocycles. The molecule has 0 saturated carbocycles. The lowest BCUT2D eigenvalue weighted by Gasteiger charge is -2.44. The van der Waals surface area contributed by atoms with Gasteiger partial charge in [0.05, 0.1) is 17.7 Å². The van der Waals surface area contributed by atoms with Gasteiger partial charge in [-0.2, -0.15) is 9.97 Å². The number of aromatic nitrogens is 4. The summed E-state index contributed by atoms with van der Waals surface area (Å²) in [5.41, 5.74) is 8.33. The number of anilines is 4. The number of nitrogen functional groups attached to an aromatic ring is 1. The first kappa shape index (κ1) is 14.9. The standard InChI is InChI=1S/C17H18N8O/c18-16-22-13-12(19-9-20-13)14(23-16)25-7-5-17(6-8-25)15(26)21-10-3-1-2-4-11(10)24-17/h1-4,9,24H,5-8H2,(H,21,26)(H3,18,19,20,22,23). The van der Waals surface area contributed by atoms with Gasteiger partial charge in [0.2, 0.25) is 11.9 Å². The monoisotopic (exact) mass is 350 g/mol. The van der Waals surface area contributed by atoms with E-state index < -0.39 is 5.54 Å². The highest BCUT2D eigenvalue weighted by atomic mass is 16.2. The summed E-state index contributed by atoms with van der Waals surface area (Å²) in [4.78, 5) is 30.6. The average Bonchev–Trinajstić information content (AvgIpc) is 3.11. The van der Waals surface area contributed by atoms with Crippen molar-refractivity contribution in [1.82, 2.24) is 19.9 Å². The number of H-pyrrole nitrogens is 1. The summed E-state index contributed by atoms with van der Waals surface area (Å²) in [5, 5.41) is 6.49. The number of amides is 1. The number of rotatable bonds is 1. The van der Waals surface area contributed by atoms with Crippen LogP contribution >= 0.6 is 0 Å². The molecular formula is C17H18N8O. The lowest BCUT2D eigenvalue weighted by Crippen LogP contribution is -2.58. The highest BCUT2D eigenvalue weighted by Gasteiger charge is 2.44. The van der Waals surface area contributed by atoms with Gasteiger partial charge in [0, 0.05) is 13.1 Å². The number of fused-ring (bicyclic) bond motifs is 2. The van der Waals surface area contributed by atoms with Crippen LogP contribution in [0.5, 0.6) is 0 Å². The molecule has 3 aromatic rings. The number of imidazole rings is 1. The molecule has 0 atom stereocenters. The van der Waals surface area contributed by atoms with Crippen molar-refractivity contribution in [3.05, 3.63) is 30.6 Å². The summed E-state index contributed by atoms with van der Waals surface area (Å²) in [6.07, 6.45) is 2.90. The first-order chi connectivity index (χ1) is 12.6. The number of nitrogens with one attached hydrogen (secondary N) is 3. The first-order valence-corrected chi connectivity index (χ1v) is 8.55. The van der Waals surface area contributed by atoms with E-state index >= 15 is 0 Å². The number of carbonyl (C=O) groups is 1. The second-order valence-electron chi connectivity index (χ2n) is 6.70. The van der Waals surface area contributed by atoms with Crippen LogP contribution in [0.4, 0.5) is 23.1 Å². The molecule has 1 spiro atoms. The van der Waals surface area contributed by atoms with Crippen molar-refractivity contribution in [3.63, 3.8) is 0 Å². The minimum absolute atomic E-state index is 0.0183. The molecule has 4 heterocycles. The van der Waals surface area contributed by atoms with Crippen LogP contribution in [0.15, 0.2) is 30.6 Å². The van der Waals surface area contributed by atoms with Crippen molar-refractivity contribution < 1.29 is 4.79 Å². The number of hydrogen-bond donors (Lipinski definition) is 4. The third kappa shape index (κ3) is 2.17. The van der Waals surface area contributed by atoms with Crippen LogP contribution in [0.2, 0.25) is 0 Å². The molecule has 0 unspecified atom stereocenters. The minimum atomic E-state index is -0.601. The first-order valence-electron chi connectivity index (χ1n) is 8.55. The van der Waals surface area contributed by atoms with E-state index in [0.717, 1.165) is 22.7 Å². The van der Waals surface area contributed by atoms with Gasteiger partial charge in [-0.25, -0.2) is 4.98 Å². The Bertz CT molecular complexity index is 1000. The maximum Gasteiger partial charge on any atom is 0.250 e. The smallest absolute Gasteiger partial charge is 0.250 e. The van der Waals surface area contributed by atoms with Crippen LogP contribution in [-0.2, 0) is 4.79 Å². The van der Waals surface area contributed by atoms with Crippen LogP contribution in [0.25, 0.3) is 11.2 Å². The van der Waals surface area contributed by atoms with Crippen molar-refractivity contribution in [3.8, 4) is 0 Å². The fraction of sp³-hybridized carbons (Fsp3) is 0.294. The summed E-state index contributed by atoms with van der Waals surface area (Å²) in [7, 11) is 0. The van der Waals surface area contributed by atoms with Gasteiger partial charge in [-0.1, -0.05) is 12.1 Å². The van der Waals surface area contributed by atoms with Gasteiger partial charge in [0.25, 0.3) is 0 Å². The molecule has 1 aromatic carbocycles. The van der Waals surface area contributed by atoms with E-state index in [2.05, 4.69) is 35.5 Å². The Labute approximate surface area is 149 Å². The quantitative estimate of drug-likeness (QED) is 0.522. The molecule has 26 heavy (non-hydrogen) atoms. The highest BCUT2D eigenvalue weighted by molar-refractivity contribution is 6.06. The zero-order valence-electron chi connectivity index (χ0n) is 14.0. The van der Waals surface area contributed by atoms with E-state index in [1.165, 1.54) is 0 Å². The Balaban J connectivity index is 1.43. The molecule has 5 N–H and O–H groups in total. The molecule has 0 radical (unpaired) electrons. The average molecular weight is 350 g/mol. The van der Waals surface area contributed by atoms with Gasteiger partial charge < -0.3 is 26.3 Å². The van der Waals surface area contributed by atoms with Crippen molar-refractivity contribution >= 4 is 40.2 Å². The van der Waals surface area contributed by atoms with Gasteiger partial charge in [0.15, 0.2) is 11.5 Å². The Morgan fingerprint density at radius 3 is 2.69 bits per heavy atom. The van der Waals surface area contributed by atoms with Crippen LogP contribution in [0.1, 0.15) is 12.8 Å². The molecule has 1 amide bonds. The van der Waals surface area contributed by atoms with Crippen molar-refractivity contribution in [2.45, 2.75) is 18.4 Å².